The molecule has 0 aliphatic carbocycles. The van der Waals surface area contributed by atoms with Gasteiger partial charge in [-0.3, -0.25) is 0 Å². The number of aromatic nitrogens is 3. The van der Waals surface area contributed by atoms with E-state index in [1.165, 1.54) is 16.7 Å². The highest BCUT2D eigenvalue weighted by atomic mass is 15.4. The van der Waals surface area contributed by atoms with Crippen molar-refractivity contribution in [2.24, 2.45) is 5.73 Å². The normalized spacial score (nSPS) is 10.9. The summed E-state index contributed by atoms with van der Waals surface area (Å²) in [5.41, 5.74) is 12.7. The van der Waals surface area contributed by atoms with Crippen LogP contribution in [-0.2, 0) is 19.4 Å². The molecule has 0 aliphatic rings. The van der Waals surface area contributed by atoms with E-state index in [9.17, 15) is 0 Å². The largest absolute Gasteiger partial charge is 0.325 e. The zero-order valence-corrected chi connectivity index (χ0v) is 13.7. The number of hydrogen-bond acceptors (Lipinski definition) is 3. The van der Waals surface area contributed by atoms with E-state index in [0.717, 1.165) is 29.9 Å². The van der Waals surface area contributed by atoms with E-state index in [1.54, 1.807) is 0 Å². The molecular weight excluding hydrogens is 284 g/mol. The van der Waals surface area contributed by atoms with Crippen molar-refractivity contribution < 1.29 is 0 Å². The van der Waals surface area contributed by atoms with Crippen LogP contribution in [0.4, 0.5) is 0 Å². The first-order chi connectivity index (χ1) is 11.2. The molecule has 0 unspecified atom stereocenters. The van der Waals surface area contributed by atoms with Crippen LogP contribution >= 0.6 is 0 Å². The van der Waals surface area contributed by atoms with Crippen LogP contribution in [0.1, 0.15) is 28.1 Å². The fourth-order valence-electron chi connectivity index (χ4n) is 2.71. The van der Waals surface area contributed by atoms with Gasteiger partial charge in [0.1, 0.15) is 0 Å². The van der Waals surface area contributed by atoms with Crippen molar-refractivity contribution in [1.29, 1.82) is 0 Å². The van der Waals surface area contributed by atoms with Crippen LogP contribution in [0.15, 0.2) is 48.5 Å². The lowest BCUT2D eigenvalue weighted by Gasteiger charge is -2.10. The summed E-state index contributed by atoms with van der Waals surface area (Å²) in [6.45, 7) is 4.64. The Labute approximate surface area is 137 Å². The monoisotopic (exact) mass is 306 g/mol. The fraction of sp³-hybridized carbons (Fsp3) is 0.263. The van der Waals surface area contributed by atoms with Crippen LogP contribution in [0.5, 0.6) is 0 Å². The predicted molar refractivity (Wildman–Crippen MR) is 92.6 cm³/mol. The van der Waals surface area contributed by atoms with E-state index in [4.69, 9.17) is 5.73 Å². The summed E-state index contributed by atoms with van der Waals surface area (Å²) in [6, 6.07) is 16.8. The Morgan fingerprint density at radius 2 is 1.74 bits per heavy atom. The first kappa shape index (κ1) is 15.4. The van der Waals surface area contributed by atoms with Gasteiger partial charge >= 0.3 is 0 Å². The molecule has 0 fully saturated rings. The number of hydrogen-bond donors (Lipinski definition) is 1. The molecule has 0 atom stereocenters. The molecule has 0 spiro atoms. The maximum atomic E-state index is 5.85. The number of nitrogens with zero attached hydrogens (tertiary/aromatic N) is 3. The third-order valence-corrected chi connectivity index (χ3v) is 4.27. The average molecular weight is 306 g/mol. The summed E-state index contributed by atoms with van der Waals surface area (Å²) in [4.78, 5) is 0. The van der Waals surface area contributed by atoms with E-state index in [0.29, 0.717) is 6.54 Å². The Hall–Kier alpha value is -2.46. The Bertz CT molecular complexity index is 790. The van der Waals surface area contributed by atoms with Gasteiger partial charge in [0.05, 0.1) is 17.1 Å². The summed E-state index contributed by atoms with van der Waals surface area (Å²) in [7, 11) is 0. The SMILES string of the molecule is Cc1ccc(-n2nnc(CN)c2CCc2ccccc2)cc1C. The zero-order valence-electron chi connectivity index (χ0n) is 13.7. The molecule has 0 aliphatic heterocycles. The van der Waals surface area contributed by atoms with Crippen molar-refractivity contribution in [3.05, 3.63) is 76.6 Å². The summed E-state index contributed by atoms with van der Waals surface area (Å²) < 4.78 is 1.93. The van der Waals surface area contributed by atoms with Gasteiger partial charge in [0.25, 0.3) is 0 Å². The smallest absolute Gasteiger partial charge is 0.0999 e. The average Bonchev–Trinajstić information content (AvgIpc) is 2.99. The van der Waals surface area contributed by atoms with Gasteiger partial charge in [-0.25, -0.2) is 4.68 Å². The Kier molecular flexibility index (Phi) is 4.53. The second-order valence-corrected chi connectivity index (χ2v) is 5.85. The quantitative estimate of drug-likeness (QED) is 0.788. The minimum absolute atomic E-state index is 0.412. The van der Waals surface area contributed by atoms with Crippen molar-refractivity contribution in [3.8, 4) is 5.69 Å². The van der Waals surface area contributed by atoms with Gasteiger partial charge in [0, 0.05) is 6.54 Å². The van der Waals surface area contributed by atoms with Crippen LogP contribution < -0.4 is 5.73 Å². The Morgan fingerprint density at radius 3 is 2.43 bits per heavy atom. The molecule has 0 radical (unpaired) electrons. The summed E-state index contributed by atoms with van der Waals surface area (Å²) >= 11 is 0. The van der Waals surface area contributed by atoms with E-state index < -0.39 is 0 Å². The number of rotatable bonds is 5. The minimum atomic E-state index is 0.412. The van der Waals surface area contributed by atoms with Gasteiger partial charge in [-0.2, -0.15) is 0 Å². The van der Waals surface area contributed by atoms with Gasteiger partial charge in [0.15, 0.2) is 0 Å². The standard InChI is InChI=1S/C19H22N4/c1-14-8-10-17(12-15(14)2)23-19(18(13-20)21-22-23)11-9-16-6-4-3-5-7-16/h3-8,10,12H,9,11,13,20H2,1-2H3. The van der Waals surface area contributed by atoms with Crippen LogP contribution in [0, 0.1) is 13.8 Å². The van der Waals surface area contributed by atoms with Crippen molar-refractivity contribution in [2.75, 3.05) is 0 Å². The molecular formula is C19H22N4. The number of benzene rings is 2. The number of nitrogens with two attached hydrogens (primary N) is 1. The molecule has 2 aromatic carbocycles. The summed E-state index contributed by atoms with van der Waals surface area (Å²) in [6.07, 6.45) is 1.82. The van der Waals surface area contributed by atoms with Gasteiger partial charge in [-0.05, 0) is 55.5 Å². The maximum Gasteiger partial charge on any atom is 0.0999 e. The minimum Gasteiger partial charge on any atom is -0.325 e. The molecule has 23 heavy (non-hydrogen) atoms. The summed E-state index contributed by atoms with van der Waals surface area (Å²) in [5, 5.41) is 8.59. The van der Waals surface area contributed by atoms with Crippen LogP contribution in [0.2, 0.25) is 0 Å². The molecule has 0 saturated carbocycles. The first-order valence-electron chi connectivity index (χ1n) is 7.94. The molecule has 4 heteroatoms. The van der Waals surface area contributed by atoms with Crippen molar-refractivity contribution >= 4 is 0 Å². The third kappa shape index (κ3) is 3.32. The molecule has 1 aromatic heterocycles. The van der Waals surface area contributed by atoms with Crippen LogP contribution in [0.3, 0.4) is 0 Å². The zero-order chi connectivity index (χ0) is 16.2. The lowest BCUT2D eigenvalue weighted by molar-refractivity contribution is 0.751. The topological polar surface area (TPSA) is 56.7 Å². The third-order valence-electron chi connectivity index (χ3n) is 4.27. The molecule has 0 saturated heterocycles. The van der Waals surface area contributed by atoms with E-state index >= 15 is 0 Å². The predicted octanol–water partition coefficient (Wildman–Crippen LogP) is 3.13. The lowest BCUT2D eigenvalue weighted by atomic mass is 10.1. The molecule has 1 heterocycles. The molecule has 0 amide bonds. The van der Waals surface area contributed by atoms with E-state index in [2.05, 4.69) is 66.6 Å². The molecule has 118 valence electrons. The van der Waals surface area contributed by atoms with E-state index in [-0.39, 0.29) is 0 Å². The van der Waals surface area contributed by atoms with Crippen LogP contribution in [0.25, 0.3) is 5.69 Å². The highest BCUT2D eigenvalue weighted by Crippen LogP contribution is 2.18. The van der Waals surface area contributed by atoms with Crippen molar-refractivity contribution in [1.82, 2.24) is 15.0 Å². The molecule has 4 nitrogen and oxygen atoms in total. The fourth-order valence-corrected chi connectivity index (χ4v) is 2.71. The van der Waals surface area contributed by atoms with Gasteiger partial charge in [0.2, 0.25) is 0 Å². The van der Waals surface area contributed by atoms with Gasteiger partial charge in [-0.1, -0.05) is 41.6 Å². The Balaban J connectivity index is 1.92. The van der Waals surface area contributed by atoms with Crippen molar-refractivity contribution in [3.63, 3.8) is 0 Å². The van der Waals surface area contributed by atoms with Gasteiger partial charge in [-0.15, -0.1) is 5.10 Å². The second kappa shape index (κ2) is 6.75. The second-order valence-electron chi connectivity index (χ2n) is 5.85. The van der Waals surface area contributed by atoms with Crippen molar-refractivity contribution in [2.45, 2.75) is 33.2 Å². The Morgan fingerprint density at radius 1 is 0.957 bits per heavy atom. The molecule has 3 rings (SSSR count). The molecule has 0 bridgehead atoms. The highest BCUT2D eigenvalue weighted by molar-refractivity contribution is 5.40. The highest BCUT2D eigenvalue weighted by Gasteiger charge is 2.13. The van der Waals surface area contributed by atoms with Crippen LogP contribution in [-0.4, -0.2) is 15.0 Å². The lowest BCUT2D eigenvalue weighted by Crippen LogP contribution is -2.08. The number of aryl methyl sites for hydroxylation is 3. The maximum absolute atomic E-state index is 5.85. The van der Waals surface area contributed by atoms with E-state index in [1.807, 2.05) is 10.7 Å². The summed E-state index contributed by atoms with van der Waals surface area (Å²) in [5.74, 6) is 0. The molecule has 3 aromatic rings. The first-order valence-corrected chi connectivity index (χ1v) is 7.94. The van der Waals surface area contributed by atoms with Gasteiger partial charge < -0.3 is 5.73 Å². The molecule has 2 N–H and O–H groups in total.